The first-order valence-corrected chi connectivity index (χ1v) is 5.97. The van der Waals surface area contributed by atoms with Crippen molar-refractivity contribution in [3.05, 3.63) is 27.5 Å². The third-order valence-corrected chi connectivity index (χ3v) is 2.38. The molecule has 0 radical (unpaired) electrons. The number of ether oxygens (including phenoxy) is 2. The molecule has 1 rings (SSSR count). The molecular weight excluding hydrogens is 281 g/mol. The predicted octanol–water partition coefficient (Wildman–Crippen LogP) is 2.74. The highest BCUT2D eigenvalue weighted by Crippen LogP contribution is 2.24. The fraction of sp³-hybridized carbons (Fsp3) is 0.364. The topological polar surface area (TPSA) is 65.5 Å². The molecule has 0 aliphatic rings. The highest BCUT2D eigenvalue weighted by molar-refractivity contribution is 6.36. The number of carbonyl (C=O) groups excluding carboxylic acids is 2. The van der Waals surface area contributed by atoms with Gasteiger partial charge in [0.05, 0.1) is 18.2 Å². The number of esters is 2. The lowest BCUT2D eigenvalue weighted by Gasteiger charge is -2.09. The van der Waals surface area contributed by atoms with Gasteiger partial charge in [-0.05, 0) is 19.9 Å². The minimum absolute atomic E-state index is 0.00324. The Morgan fingerprint density at radius 1 is 1.17 bits per heavy atom. The molecule has 0 aromatic carbocycles. The molecule has 0 saturated carbocycles. The van der Waals surface area contributed by atoms with E-state index in [1.165, 1.54) is 6.07 Å². The number of rotatable bonds is 4. The maximum atomic E-state index is 11.7. The van der Waals surface area contributed by atoms with E-state index in [9.17, 15) is 9.59 Å². The van der Waals surface area contributed by atoms with Crippen LogP contribution in [-0.2, 0) is 9.47 Å². The molecule has 0 aliphatic carbocycles. The Labute approximate surface area is 114 Å². The summed E-state index contributed by atoms with van der Waals surface area (Å²) in [5.41, 5.74) is -0.380. The first kappa shape index (κ1) is 14.7. The molecule has 1 aromatic rings. The minimum Gasteiger partial charge on any atom is -0.462 e. The Kier molecular flexibility index (Phi) is 5.37. The molecule has 5 nitrogen and oxygen atoms in total. The number of pyridine rings is 1. The van der Waals surface area contributed by atoms with Crippen molar-refractivity contribution in [3.8, 4) is 0 Å². The van der Waals surface area contributed by atoms with E-state index in [-0.39, 0.29) is 34.6 Å². The van der Waals surface area contributed by atoms with Gasteiger partial charge in [0.1, 0.15) is 10.7 Å². The number of carbonyl (C=O) groups is 2. The van der Waals surface area contributed by atoms with Gasteiger partial charge >= 0.3 is 11.9 Å². The molecule has 0 N–H and O–H groups in total. The van der Waals surface area contributed by atoms with E-state index in [1.54, 1.807) is 13.8 Å². The molecule has 0 saturated heterocycles. The van der Waals surface area contributed by atoms with Crippen LogP contribution in [0, 0.1) is 0 Å². The van der Waals surface area contributed by atoms with Crippen LogP contribution in [0.4, 0.5) is 0 Å². The van der Waals surface area contributed by atoms with Crippen molar-refractivity contribution >= 4 is 35.1 Å². The lowest BCUT2D eigenvalue weighted by molar-refractivity contribution is 0.0473. The monoisotopic (exact) mass is 291 g/mol. The van der Waals surface area contributed by atoms with Gasteiger partial charge in [0.2, 0.25) is 0 Å². The number of nitrogens with zero attached hydrogens (tertiary/aromatic N) is 1. The third kappa shape index (κ3) is 3.34. The van der Waals surface area contributed by atoms with Crippen LogP contribution in [0.15, 0.2) is 6.07 Å². The Balaban J connectivity index is 3.29. The van der Waals surface area contributed by atoms with Crippen molar-refractivity contribution in [1.82, 2.24) is 4.98 Å². The van der Waals surface area contributed by atoms with Gasteiger partial charge in [0.15, 0.2) is 5.69 Å². The second-order valence-electron chi connectivity index (χ2n) is 3.09. The van der Waals surface area contributed by atoms with Crippen LogP contribution in [-0.4, -0.2) is 30.1 Å². The smallest absolute Gasteiger partial charge is 0.357 e. The van der Waals surface area contributed by atoms with Gasteiger partial charge in [-0.2, -0.15) is 0 Å². The molecule has 0 amide bonds. The van der Waals surface area contributed by atoms with E-state index < -0.39 is 11.9 Å². The first-order chi connectivity index (χ1) is 8.51. The van der Waals surface area contributed by atoms with Crippen molar-refractivity contribution in [2.45, 2.75) is 13.8 Å². The molecule has 0 unspecified atom stereocenters. The fourth-order valence-electron chi connectivity index (χ4n) is 1.23. The average molecular weight is 292 g/mol. The third-order valence-electron chi connectivity index (χ3n) is 1.89. The van der Waals surface area contributed by atoms with Crippen molar-refractivity contribution in [1.29, 1.82) is 0 Å². The number of hydrogen-bond donors (Lipinski definition) is 0. The Hall–Kier alpha value is -1.33. The standard InChI is InChI=1S/C11H11Cl2NO4/c1-3-17-10(15)8-6(12)5-7(13)14-9(8)11(16)18-4-2/h5H,3-4H2,1-2H3. The molecule has 0 bridgehead atoms. The van der Waals surface area contributed by atoms with E-state index in [4.69, 9.17) is 32.7 Å². The zero-order valence-corrected chi connectivity index (χ0v) is 11.3. The van der Waals surface area contributed by atoms with Gasteiger partial charge in [-0.1, -0.05) is 23.2 Å². The van der Waals surface area contributed by atoms with Gasteiger partial charge in [0.25, 0.3) is 0 Å². The summed E-state index contributed by atoms with van der Waals surface area (Å²) in [5.74, 6) is -1.51. The zero-order valence-electron chi connectivity index (χ0n) is 9.83. The molecule has 18 heavy (non-hydrogen) atoms. The van der Waals surface area contributed by atoms with E-state index >= 15 is 0 Å². The fourth-order valence-corrected chi connectivity index (χ4v) is 1.75. The Morgan fingerprint density at radius 2 is 1.72 bits per heavy atom. The normalized spacial score (nSPS) is 10.0. The molecule has 98 valence electrons. The zero-order chi connectivity index (χ0) is 13.7. The van der Waals surface area contributed by atoms with Crippen LogP contribution in [0.25, 0.3) is 0 Å². The van der Waals surface area contributed by atoms with Crippen LogP contribution in [0.5, 0.6) is 0 Å². The summed E-state index contributed by atoms with van der Waals surface area (Å²) in [4.78, 5) is 27.1. The second kappa shape index (κ2) is 6.56. The van der Waals surface area contributed by atoms with Crippen molar-refractivity contribution in [2.24, 2.45) is 0 Å². The van der Waals surface area contributed by atoms with E-state index in [0.29, 0.717) is 0 Å². The SMILES string of the molecule is CCOC(=O)c1nc(Cl)cc(Cl)c1C(=O)OCC. The number of hydrogen-bond acceptors (Lipinski definition) is 5. The van der Waals surface area contributed by atoms with Crippen LogP contribution < -0.4 is 0 Å². The van der Waals surface area contributed by atoms with Crippen LogP contribution in [0.2, 0.25) is 10.2 Å². The van der Waals surface area contributed by atoms with Crippen LogP contribution in [0.1, 0.15) is 34.7 Å². The highest BCUT2D eigenvalue weighted by atomic mass is 35.5. The van der Waals surface area contributed by atoms with Gasteiger partial charge in [0, 0.05) is 0 Å². The number of halogens is 2. The van der Waals surface area contributed by atoms with Gasteiger partial charge in [-0.15, -0.1) is 0 Å². The predicted molar refractivity (Wildman–Crippen MR) is 66.2 cm³/mol. The molecule has 0 atom stereocenters. The van der Waals surface area contributed by atoms with Gasteiger partial charge in [-0.25, -0.2) is 14.6 Å². The van der Waals surface area contributed by atoms with Gasteiger partial charge < -0.3 is 9.47 Å². The van der Waals surface area contributed by atoms with Crippen LogP contribution in [0.3, 0.4) is 0 Å². The second-order valence-corrected chi connectivity index (χ2v) is 3.89. The Morgan fingerprint density at radius 3 is 2.28 bits per heavy atom. The maximum Gasteiger partial charge on any atom is 0.357 e. The van der Waals surface area contributed by atoms with Gasteiger partial charge in [-0.3, -0.25) is 0 Å². The first-order valence-electron chi connectivity index (χ1n) is 5.21. The summed E-state index contributed by atoms with van der Waals surface area (Å²) in [6.07, 6.45) is 0. The van der Waals surface area contributed by atoms with E-state index in [2.05, 4.69) is 4.98 Å². The summed E-state index contributed by atoms with van der Waals surface area (Å²) < 4.78 is 9.58. The largest absolute Gasteiger partial charge is 0.462 e. The summed E-state index contributed by atoms with van der Waals surface area (Å²) in [6.45, 7) is 3.57. The lowest BCUT2D eigenvalue weighted by atomic mass is 10.2. The maximum absolute atomic E-state index is 11.7. The van der Waals surface area contributed by atoms with Crippen molar-refractivity contribution in [3.63, 3.8) is 0 Å². The minimum atomic E-state index is -0.773. The quantitative estimate of drug-likeness (QED) is 0.630. The summed E-state index contributed by atoms with van der Waals surface area (Å²) in [7, 11) is 0. The summed E-state index contributed by atoms with van der Waals surface area (Å²) in [6, 6.07) is 1.26. The average Bonchev–Trinajstić information content (AvgIpc) is 2.28. The molecule has 0 aliphatic heterocycles. The van der Waals surface area contributed by atoms with Crippen LogP contribution >= 0.6 is 23.2 Å². The van der Waals surface area contributed by atoms with Crippen molar-refractivity contribution < 1.29 is 19.1 Å². The molecule has 0 spiro atoms. The molecule has 0 fully saturated rings. The summed E-state index contributed by atoms with van der Waals surface area (Å²) in [5, 5.41) is -0.00685. The molecule has 1 heterocycles. The molecule has 1 aromatic heterocycles. The molecule has 7 heteroatoms. The summed E-state index contributed by atoms with van der Waals surface area (Å²) >= 11 is 11.6. The highest BCUT2D eigenvalue weighted by Gasteiger charge is 2.25. The van der Waals surface area contributed by atoms with E-state index in [1.807, 2.05) is 0 Å². The number of aromatic nitrogens is 1. The lowest BCUT2D eigenvalue weighted by Crippen LogP contribution is -2.16. The Bertz CT molecular complexity index is 476. The van der Waals surface area contributed by atoms with Crippen molar-refractivity contribution in [2.75, 3.05) is 13.2 Å². The molecular formula is C11H11Cl2NO4. The van der Waals surface area contributed by atoms with E-state index in [0.717, 1.165) is 0 Å².